The number of carbonyl (C=O) groups is 1. The van der Waals surface area contributed by atoms with E-state index in [1.165, 1.54) is 13.1 Å². The maximum atomic E-state index is 12.6. The standard InChI is InChI=1S/C12H19N3O3S2/c1-3-10-6-4-5-7-15(10)20(17,18)11-8-13-12(19-11)14-9(2)16/h8,10H,3-7H2,1-2H3,(H,13,14,16). The van der Waals surface area contributed by atoms with Gasteiger partial charge in [-0.05, 0) is 19.3 Å². The summed E-state index contributed by atoms with van der Waals surface area (Å²) < 4.78 is 27.1. The van der Waals surface area contributed by atoms with Gasteiger partial charge in [0.25, 0.3) is 10.0 Å². The summed E-state index contributed by atoms with van der Waals surface area (Å²) in [7, 11) is -3.50. The van der Waals surface area contributed by atoms with Crippen molar-refractivity contribution in [1.29, 1.82) is 0 Å². The average molecular weight is 317 g/mol. The number of aromatic nitrogens is 1. The first-order chi connectivity index (χ1) is 9.45. The molecule has 0 spiro atoms. The Labute approximate surface area is 123 Å². The fourth-order valence-electron chi connectivity index (χ4n) is 2.40. The van der Waals surface area contributed by atoms with Crippen LogP contribution in [0.1, 0.15) is 39.5 Å². The molecule has 1 fully saturated rings. The SMILES string of the molecule is CCC1CCCCN1S(=O)(=O)c1cnc(NC(C)=O)s1. The second-order valence-corrected chi connectivity index (χ2v) is 7.99. The molecule has 0 aliphatic carbocycles. The molecule has 1 unspecified atom stereocenters. The molecule has 112 valence electrons. The number of nitrogens with zero attached hydrogens (tertiary/aromatic N) is 2. The van der Waals surface area contributed by atoms with E-state index >= 15 is 0 Å². The van der Waals surface area contributed by atoms with Gasteiger partial charge in [0.2, 0.25) is 5.91 Å². The quantitative estimate of drug-likeness (QED) is 0.922. The van der Waals surface area contributed by atoms with E-state index in [4.69, 9.17) is 0 Å². The van der Waals surface area contributed by atoms with E-state index in [-0.39, 0.29) is 16.2 Å². The van der Waals surface area contributed by atoms with Crippen LogP contribution in [0.25, 0.3) is 0 Å². The number of thiazole rings is 1. The second kappa shape index (κ2) is 6.19. The molecule has 1 saturated heterocycles. The second-order valence-electron chi connectivity index (χ2n) is 4.84. The Morgan fingerprint density at radius 1 is 1.55 bits per heavy atom. The van der Waals surface area contributed by atoms with Gasteiger partial charge in [0.1, 0.15) is 0 Å². The third kappa shape index (κ3) is 3.18. The van der Waals surface area contributed by atoms with Gasteiger partial charge in [-0.25, -0.2) is 13.4 Å². The lowest BCUT2D eigenvalue weighted by atomic mass is 10.0. The fraction of sp³-hybridized carbons (Fsp3) is 0.667. The summed E-state index contributed by atoms with van der Waals surface area (Å²) in [6.07, 6.45) is 5.02. The minimum absolute atomic E-state index is 0.0695. The van der Waals surface area contributed by atoms with Gasteiger partial charge in [-0.2, -0.15) is 4.31 Å². The molecule has 1 aliphatic rings. The third-order valence-corrected chi connectivity index (χ3v) is 6.68. The number of hydrogen-bond acceptors (Lipinski definition) is 5. The number of anilines is 1. The Morgan fingerprint density at radius 2 is 2.30 bits per heavy atom. The molecule has 1 aromatic rings. The lowest BCUT2D eigenvalue weighted by Gasteiger charge is -2.33. The fourth-order valence-corrected chi connectivity index (χ4v) is 5.38. The van der Waals surface area contributed by atoms with E-state index in [9.17, 15) is 13.2 Å². The Kier molecular flexibility index (Phi) is 4.77. The van der Waals surface area contributed by atoms with Gasteiger partial charge in [-0.15, -0.1) is 0 Å². The molecule has 6 nitrogen and oxygen atoms in total. The van der Waals surface area contributed by atoms with E-state index in [1.54, 1.807) is 4.31 Å². The summed E-state index contributed by atoms with van der Waals surface area (Å²) in [5.74, 6) is -0.257. The van der Waals surface area contributed by atoms with Gasteiger partial charge >= 0.3 is 0 Å². The molecule has 0 aromatic carbocycles. The van der Waals surface area contributed by atoms with E-state index in [2.05, 4.69) is 10.3 Å². The minimum Gasteiger partial charge on any atom is -0.302 e. The summed E-state index contributed by atoms with van der Waals surface area (Å²) in [4.78, 5) is 14.9. The van der Waals surface area contributed by atoms with Crippen molar-refractivity contribution in [3.8, 4) is 0 Å². The summed E-state index contributed by atoms with van der Waals surface area (Å²) in [6, 6.07) is 0.0695. The van der Waals surface area contributed by atoms with Crippen LogP contribution in [0.4, 0.5) is 5.13 Å². The summed E-state index contributed by atoms with van der Waals surface area (Å²) in [5.41, 5.74) is 0. The first-order valence-corrected chi connectivity index (χ1v) is 8.96. The van der Waals surface area contributed by atoms with Crippen LogP contribution in [-0.2, 0) is 14.8 Å². The van der Waals surface area contributed by atoms with Crippen LogP contribution in [0.15, 0.2) is 10.4 Å². The van der Waals surface area contributed by atoms with Gasteiger partial charge in [-0.1, -0.05) is 24.7 Å². The molecule has 8 heteroatoms. The molecule has 0 saturated carbocycles. The average Bonchev–Trinajstić information content (AvgIpc) is 2.87. The number of nitrogens with one attached hydrogen (secondary N) is 1. The molecule has 20 heavy (non-hydrogen) atoms. The van der Waals surface area contributed by atoms with Gasteiger partial charge < -0.3 is 5.32 Å². The summed E-state index contributed by atoms with van der Waals surface area (Å²) >= 11 is 1.00. The highest BCUT2D eigenvalue weighted by Crippen LogP contribution is 2.31. The summed E-state index contributed by atoms with van der Waals surface area (Å²) in [6.45, 7) is 3.94. The molecule has 1 atom stereocenters. The van der Waals surface area contributed by atoms with Gasteiger partial charge in [0.05, 0.1) is 6.20 Å². The van der Waals surface area contributed by atoms with Gasteiger partial charge in [0.15, 0.2) is 9.34 Å². The molecule has 2 heterocycles. The monoisotopic (exact) mass is 317 g/mol. The van der Waals surface area contributed by atoms with Crippen LogP contribution < -0.4 is 5.32 Å². The molecule has 1 aromatic heterocycles. The summed E-state index contributed by atoms with van der Waals surface area (Å²) in [5, 5.41) is 2.83. The van der Waals surface area contributed by atoms with Crippen LogP contribution in [0.3, 0.4) is 0 Å². The number of hydrogen-bond donors (Lipinski definition) is 1. The Balaban J connectivity index is 2.24. The smallest absolute Gasteiger partial charge is 0.254 e. The molecule has 1 N–H and O–H groups in total. The largest absolute Gasteiger partial charge is 0.302 e. The van der Waals surface area contributed by atoms with E-state index in [0.29, 0.717) is 11.7 Å². The lowest BCUT2D eigenvalue weighted by Crippen LogP contribution is -2.42. The molecule has 0 bridgehead atoms. The van der Waals surface area contributed by atoms with Crippen molar-refractivity contribution < 1.29 is 13.2 Å². The molecule has 0 radical (unpaired) electrons. The van der Waals surface area contributed by atoms with Crippen molar-refractivity contribution in [2.24, 2.45) is 0 Å². The van der Waals surface area contributed by atoms with Gasteiger partial charge in [-0.3, -0.25) is 4.79 Å². The normalized spacial score (nSPS) is 20.8. The lowest BCUT2D eigenvalue weighted by molar-refractivity contribution is -0.114. The third-order valence-electron chi connectivity index (χ3n) is 3.37. The zero-order chi connectivity index (χ0) is 14.8. The molecule has 1 aliphatic heterocycles. The Bertz CT molecular complexity index is 583. The number of carbonyl (C=O) groups excluding carboxylic acids is 1. The van der Waals surface area contributed by atoms with Crippen LogP contribution in [0.5, 0.6) is 0 Å². The van der Waals surface area contributed by atoms with Crippen molar-refractivity contribution in [3.63, 3.8) is 0 Å². The van der Waals surface area contributed by atoms with Crippen LogP contribution in [0.2, 0.25) is 0 Å². The van der Waals surface area contributed by atoms with E-state index < -0.39 is 10.0 Å². The molecule has 2 rings (SSSR count). The maximum absolute atomic E-state index is 12.6. The highest BCUT2D eigenvalue weighted by atomic mass is 32.2. The van der Waals surface area contributed by atoms with Crippen LogP contribution in [0, 0.1) is 0 Å². The number of amides is 1. The highest BCUT2D eigenvalue weighted by molar-refractivity contribution is 7.91. The Morgan fingerprint density at radius 3 is 2.95 bits per heavy atom. The van der Waals surface area contributed by atoms with Crippen LogP contribution >= 0.6 is 11.3 Å². The predicted octanol–water partition coefficient (Wildman–Crippen LogP) is 2.05. The van der Waals surface area contributed by atoms with Crippen molar-refractivity contribution >= 4 is 32.4 Å². The van der Waals surface area contributed by atoms with Crippen molar-refractivity contribution in [2.75, 3.05) is 11.9 Å². The zero-order valence-corrected chi connectivity index (χ0v) is 13.3. The maximum Gasteiger partial charge on any atom is 0.254 e. The Hall–Kier alpha value is -0.990. The minimum atomic E-state index is -3.50. The van der Waals surface area contributed by atoms with Crippen molar-refractivity contribution in [2.45, 2.75) is 49.8 Å². The molecular formula is C12H19N3O3S2. The zero-order valence-electron chi connectivity index (χ0n) is 11.6. The first kappa shape index (κ1) is 15.4. The van der Waals surface area contributed by atoms with Crippen LogP contribution in [-0.4, -0.2) is 36.2 Å². The number of sulfonamides is 1. The topological polar surface area (TPSA) is 79.4 Å². The van der Waals surface area contributed by atoms with Crippen molar-refractivity contribution in [1.82, 2.24) is 9.29 Å². The number of piperidine rings is 1. The molecule has 1 amide bonds. The predicted molar refractivity (Wildman–Crippen MR) is 78.2 cm³/mol. The van der Waals surface area contributed by atoms with Gasteiger partial charge in [0, 0.05) is 19.5 Å². The molecular weight excluding hydrogens is 298 g/mol. The van der Waals surface area contributed by atoms with Crippen molar-refractivity contribution in [3.05, 3.63) is 6.20 Å². The highest BCUT2D eigenvalue weighted by Gasteiger charge is 2.33. The first-order valence-electron chi connectivity index (χ1n) is 6.70. The number of rotatable bonds is 4. The van der Waals surface area contributed by atoms with E-state index in [1.807, 2.05) is 6.92 Å². The van der Waals surface area contributed by atoms with E-state index in [0.717, 1.165) is 37.0 Å².